The van der Waals surface area contributed by atoms with Gasteiger partial charge < -0.3 is 9.84 Å². The van der Waals surface area contributed by atoms with E-state index in [-0.39, 0.29) is 11.5 Å². The molecule has 0 spiro atoms. The number of aromatic nitrogens is 1. The van der Waals surface area contributed by atoms with Crippen LogP contribution >= 0.6 is 11.3 Å². The second-order valence-corrected chi connectivity index (χ2v) is 9.23. The Morgan fingerprint density at radius 3 is 2.48 bits per heavy atom. The lowest BCUT2D eigenvalue weighted by molar-refractivity contribution is 0.256. The number of sulfonamides is 1. The predicted molar refractivity (Wildman–Crippen MR) is 115 cm³/mol. The third-order valence-electron chi connectivity index (χ3n) is 4.46. The average molecular weight is 433 g/mol. The lowest BCUT2D eigenvalue weighted by Crippen LogP contribution is -2.11. The second kappa shape index (κ2) is 9.04. The molecule has 3 N–H and O–H groups in total. The molecule has 0 fully saturated rings. The van der Waals surface area contributed by atoms with Crippen molar-refractivity contribution in [2.75, 3.05) is 6.61 Å². The molecule has 3 aromatic rings. The number of ether oxygens (including phenoxy) is 1. The minimum Gasteiger partial charge on any atom is -0.477 e. The molecular weight excluding hydrogens is 408 g/mol. The third-order valence-corrected chi connectivity index (χ3v) is 6.46. The SMILES string of the molecule is CCCCOc1nc(-c2cc(C)cs2)cc(-c2ccc(S(N)(=O)=O)cc2)c1CO. The van der Waals surface area contributed by atoms with Crippen molar-refractivity contribution in [2.24, 2.45) is 5.14 Å². The zero-order valence-electron chi connectivity index (χ0n) is 16.4. The van der Waals surface area contributed by atoms with Crippen LogP contribution in [0.25, 0.3) is 21.7 Å². The maximum atomic E-state index is 11.6. The van der Waals surface area contributed by atoms with E-state index in [1.807, 2.05) is 13.0 Å². The Hall–Kier alpha value is -2.26. The van der Waals surface area contributed by atoms with Crippen LogP contribution in [0.15, 0.2) is 46.7 Å². The van der Waals surface area contributed by atoms with Crippen LogP contribution in [0.2, 0.25) is 0 Å². The smallest absolute Gasteiger partial charge is 0.238 e. The molecule has 0 saturated carbocycles. The van der Waals surface area contributed by atoms with E-state index in [0.29, 0.717) is 18.1 Å². The maximum absolute atomic E-state index is 11.6. The number of unbranched alkanes of at least 4 members (excludes halogenated alkanes) is 1. The number of nitrogens with two attached hydrogens (primary N) is 1. The van der Waals surface area contributed by atoms with Gasteiger partial charge in [-0.15, -0.1) is 11.3 Å². The number of primary sulfonamides is 1. The Morgan fingerprint density at radius 2 is 1.93 bits per heavy atom. The summed E-state index contributed by atoms with van der Waals surface area (Å²) >= 11 is 1.59. The van der Waals surface area contributed by atoms with E-state index in [4.69, 9.17) is 9.88 Å². The first-order valence-electron chi connectivity index (χ1n) is 9.29. The number of benzene rings is 1. The van der Waals surface area contributed by atoms with Crippen molar-refractivity contribution in [3.63, 3.8) is 0 Å². The molecule has 154 valence electrons. The largest absolute Gasteiger partial charge is 0.477 e. The molecule has 0 radical (unpaired) electrons. The predicted octanol–water partition coefficient (Wildman–Crippen LogP) is 4.10. The summed E-state index contributed by atoms with van der Waals surface area (Å²) < 4.78 is 29.0. The summed E-state index contributed by atoms with van der Waals surface area (Å²) in [5.41, 5.74) is 3.96. The Morgan fingerprint density at radius 1 is 1.21 bits per heavy atom. The fourth-order valence-corrected chi connectivity index (χ4v) is 4.28. The summed E-state index contributed by atoms with van der Waals surface area (Å²) in [5.74, 6) is 0.398. The molecule has 0 amide bonds. The Kier molecular flexibility index (Phi) is 6.69. The number of aliphatic hydroxyl groups is 1. The molecule has 3 rings (SSSR count). The van der Waals surface area contributed by atoms with Crippen LogP contribution in [-0.2, 0) is 16.6 Å². The minimum absolute atomic E-state index is 0.0365. The summed E-state index contributed by atoms with van der Waals surface area (Å²) in [6.45, 7) is 4.36. The van der Waals surface area contributed by atoms with E-state index in [2.05, 4.69) is 23.4 Å². The molecular formula is C21H24N2O4S2. The lowest BCUT2D eigenvalue weighted by atomic mass is 10.00. The van der Waals surface area contributed by atoms with Gasteiger partial charge in [0.1, 0.15) is 0 Å². The first-order chi connectivity index (χ1) is 13.8. The summed E-state index contributed by atoms with van der Waals surface area (Å²) in [6, 6.07) is 10.2. The van der Waals surface area contributed by atoms with Gasteiger partial charge in [0, 0.05) is 5.56 Å². The van der Waals surface area contributed by atoms with Crippen LogP contribution in [-0.4, -0.2) is 25.1 Å². The molecule has 0 aliphatic carbocycles. The lowest BCUT2D eigenvalue weighted by Gasteiger charge is -2.15. The van der Waals surface area contributed by atoms with Gasteiger partial charge in [0.25, 0.3) is 0 Å². The Labute approximate surface area is 175 Å². The topological polar surface area (TPSA) is 103 Å². The first kappa shape index (κ1) is 21.4. The number of aliphatic hydroxyl groups excluding tert-OH is 1. The molecule has 0 atom stereocenters. The monoisotopic (exact) mass is 432 g/mol. The fourth-order valence-electron chi connectivity index (χ4n) is 2.91. The number of thiophene rings is 1. The van der Waals surface area contributed by atoms with Crippen molar-refractivity contribution in [2.45, 2.75) is 38.2 Å². The zero-order valence-corrected chi connectivity index (χ0v) is 18.0. The van der Waals surface area contributed by atoms with E-state index in [1.165, 1.54) is 12.1 Å². The quantitative estimate of drug-likeness (QED) is 0.522. The van der Waals surface area contributed by atoms with E-state index < -0.39 is 10.0 Å². The summed E-state index contributed by atoms with van der Waals surface area (Å²) in [6.07, 6.45) is 1.87. The first-order valence-corrected chi connectivity index (χ1v) is 11.7. The van der Waals surface area contributed by atoms with E-state index in [9.17, 15) is 13.5 Å². The molecule has 0 aliphatic rings. The van der Waals surface area contributed by atoms with Crippen molar-refractivity contribution in [1.82, 2.24) is 4.98 Å². The highest BCUT2D eigenvalue weighted by Crippen LogP contribution is 2.36. The molecule has 0 aliphatic heterocycles. The zero-order chi connectivity index (χ0) is 21.0. The van der Waals surface area contributed by atoms with Gasteiger partial charge in [0.15, 0.2) is 0 Å². The van der Waals surface area contributed by atoms with Crippen LogP contribution in [0.3, 0.4) is 0 Å². The van der Waals surface area contributed by atoms with Gasteiger partial charge in [0.05, 0.1) is 28.7 Å². The number of nitrogens with zero attached hydrogens (tertiary/aromatic N) is 1. The number of aryl methyl sites for hydroxylation is 1. The highest BCUT2D eigenvalue weighted by Gasteiger charge is 2.17. The summed E-state index contributed by atoms with van der Waals surface area (Å²) in [4.78, 5) is 5.69. The number of rotatable bonds is 8. The molecule has 2 heterocycles. The molecule has 1 aromatic carbocycles. The van der Waals surface area contributed by atoms with E-state index in [0.717, 1.165) is 40.1 Å². The molecule has 6 nitrogen and oxygen atoms in total. The summed E-state index contributed by atoms with van der Waals surface area (Å²) in [7, 11) is -3.77. The molecule has 0 saturated heterocycles. The van der Waals surface area contributed by atoms with Gasteiger partial charge in [-0.3, -0.25) is 0 Å². The molecule has 29 heavy (non-hydrogen) atoms. The van der Waals surface area contributed by atoms with Gasteiger partial charge in [-0.1, -0.05) is 25.5 Å². The van der Waals surface area contributed by atoms with Crippen LogP contribution in [0.1, 0.15) is 30.9 Å². The Bertz CT molecular complexity index is 1090. The van der Waals surface area contributed by atoms with Crippen molar-refractivity contribution in [1.29, 1.82) is 0 Å². The van der Waals surface area contributed by atoms with Crippen molar-refractivity contribution >= 4 is 21.4 Å². The highest BCUT2D eigenvalue weighted by atomic mass is 32.2. The summed E-state index contributed by atoms with van der Waals surface area (Å²) in [5, 5.41) is 17.3. The number of hydrogen-bond acceptors (Lipinski definition) is 6. The van der Waals surface area contributed by atoms with Crippen LogP contribution in [0.4, 0.5) is 0 Å². The van der Waals surface area contributed by atoms with E-state index in [1.54, 1.807) is 23.5 Å². The highest BCUT2D eigenvalue weighted by molar-refractivity contribution is 7.89. The molecule has 0 bridgehead atoms. The normalized spacial score (nSPS) is 11.6. The van der Waals surface area contributed by atoms with Crippen LogP contribution < -0.4 is 9.88 Å². The van der Waals surface area contributed by atoms with Crippen molar-refractivity contribution < 1.29 is 18.3 Å². The Balaban J connectivity index is 2.13. The minimum atomic E-state index is -3.77. The van der Waals surface area contributed by atoms with Crippen LogP contribution in [0, 0.1) is 6.92 Å². The van der Waals surface area contributed by atoms with Crippen molar-refractivity contribution in [3.8, 4) is 27.6 Å². The molecule has 0 unspecified atom stereocenters. The molecule has 2 aromatic heterocycles. The van der Waals surface area contributed by atoms with Crippen molar-refractivity contribution in [3.05, 3.63) is 52.9 Å². The number of hydrogen-bond donors (Lipinski definition) is 2. The van der Waals surface area contributed by atoms with Gasteiger partial charge in [0.2, 0.25) is 15.9 Å². The van der Waals surface area contributed by atoms with E-state index >= 15 is 0 Å². The average Bonchev–Trinajstić information content (AvgIpc) is 3.13. The standard InChI is InChI=1S/C21H24N2O4S2/c1-3-4-9-27-21-18(12-24)17(11-19(23-21)20-10-14(2)13-28-20)15-5-7-16(8-6-15)29(22,25)26/h5-8,10-11,13,24H,3-4,9,12H2,1-2H3,(H2,22,25,26). The van der Waals surface area contributed by atoms with Gasteiger partial charge in [-0.2, -0.15) is 0 Å². The fraction of sp³-hybridized carbons (Fsp3) is 0.286. The third kappa shape index (κ3) is 5.02. The van der Waals surface area contributed by atoms with Crippen LogP contribution in [0.5, 0.6) is 5.88 Å². The van der Waals surface area contributed by atoms with Gasteiger partial charge in [-0.05, 0) is 59.7 Å². The van der Waals surface area contributed by atoms with Gasteiger partial charge >= 0.3 is 0 Å². The maximum Gasteiger partial charge on any atom is 0.238 e. The number of pyridine rings is 1. The molecule has 8 heteroatoms. The van der Waals surface area contributed by atoms with Gasteiger partial charge in [-0.25, -0.2) is 18.5 Å². The second-order valence-electron chi connectivity index (χ2n) is 6.76.